The lowest BCUT2D eigenvalue weighted by atomic mass is 9.98. The van der Waals surface area contributed by atoms with Crippen LogP contribution in [-0.2, 0) is 20.8 Å². The summed E-state index contributed by atoms with van der Waals surface area (Å²) in [6.45, 7) is 0.546. The van der Waals surface area contributed by atoms with E-state index in [1.54, 1.807) is 0 Å². The first-order valence-electron chi connectivity index (χ1n) is 11.1. The molecule has 2 heterocycles. The fourth-order valence-corrected chi connectivity index (χ4v) is 4.13. The largest absolute Gasteiger partial charge is 0.356 e. The summed E-state index contributed by atoms with van der Waals surface area (Å²) in [5.41, 5.74) is 1.59. The Morgan fingerprint density at radius 3 is 2.62 bits per heavy atom. The van der Waals surface area contributed by atoms with Gasteiger partial charge in [-0.15, -0.1) is 0 Å². The standard InChI is InChI=1S/C25H25FN4O4/c26-18-6-7-20-17(11-18)13-22(29-20)25(34)30-21(10-15-4-2-1-3-5-15)24(33)28-19(14-31)12-16-8-9-27-23(16)32/h1-7,11,13-14,16,19,21,29H,8-10,12H2,(H,27,32)(H,28,33)(H,30,34)/t16?,19-,21-/m0/s1. The molecule has 1 aliphatic heterocycles. The molecule has 1 aromatic heterocycles. The highest BCUT2D eigenvalue weighted by molar-refractivity contribution is 6.00. The van der Waals surface area contributed by atoms with Crippen LogP contribution in [0.1, 0.15) is 28.9 Å². The smallest absolute Gasteiger partial charge is 0.268 e. The number of H-pyrrole nitrogens is 1. The summed E-state index contributed by atoms with van der Waals surface area (Å²) in [5.74, 6) is -1.97. The topological polar surface area (TPSA) is 120 Å². The van der Waals surface area contributed by atoms with Crippen LogP contribution in [0.2, 0.25) is 0 Å². The molecule has 0 bridgehead atoms. The molecule has 3 aromatic rings. The van der Waals surface area contributed by atoms with E-state index in [0.717, 1.165) is 5.56 Å². The maximum Gasteiger partial charge on any atom is 0.268 e. The zero-order valence-corrected chi connectivity index (χ0v) is 18.3. The monoisotopic (exact) mass is 464 g/mol. The van der Waals surface area contributed by atoms with Crippen molar-refractivity contribution in [2.45, 2.75) is 31.3 Å². The molecule has 0 saturated carbocycles. The average molecular weight is 464 g/mol. The molecule has 0 spiro atoms. The number of nitrogens with one attached hydrogen (secondary N) is 4. The van der Waals surface area contributed by atoms with Gasteiger partial charge < -0.3 is 25.7 Å². The molecule has 3 atom stereocenters. The van der Waals surface area contributed by atoms with Crippen LogP contribution in [0, 0.1) is 11.7 Å². The number of carbonyl (C=O) groups excluding carboxylic acids is 4. The quantitative estimate of drug-likeness (QED) is 0.361. The van der Waals surface area contributed by atoms with Crippen molar-refractivity contribution in [3.8, 4) is 0 Å². The zero-order valence-electron chi connectivity index (χ0n) is 18.3. The Kier molecular flexibility index (Phi) is 7.01. The van der Waals surface area contributed by atoms with Crippen LogP contribution in [0.4, 0.5) is 4.39 Å². The van der Waals surface area contributed by atoms with Crippen molar-refractivity contribution in [3.63, 3.8) is 0 Å². The van der Waals surface area contributed by atoms with Crippen molar-refractivity contribution < 1.29 is 23.6 Å². The molecule has 34 heavy (non-hydrogen) atoms. The molecular weight excluding hydrogens is 439 g/mol. The number of amides is 3. The summed E-state index contributed by atoms with van der Waals surface area (Å²) in [4.78, 5) is 52.5. The van der Waals surface area contributed by atoms with Crippen LogP contribution in [-0.4, -0.2) is 47.6 Å². The lowest BCUT2D eigenvalue weighted by Gasteiger charge is -2.22. The molecule has 1 saturated heterocycles. The normalized spacial score (nSPS) is 17.1. The third-order valence-electron chi connectivity index (χ3n) is 5.93. The summed E-state index contributed by atoms with van der Waals surface area (Å²) in [6, 6.07) is 13.0. The van der Waals surface area contributed by atoms with E-state index in [2.05, 4.69) is 20.9 Å². The second-order valence-electron chi connectivity index (χ2n) is 8.39. The SMILES string of the molecule is O=C[C@H](CC1CCNC1=O)NC(=O)[C@H](Cc1ccccc1)NC(=O)c1cc2cc(F)ccc2[nH]1. The molecule has 1 fully saturated rings. The van der Waals surface area contributed by atoms with Crippen molar-refractivity contribution in [1.82, 2.24) is 20.9 Å². The molecule has 3 amide bonds. The molecule has 2 aromatic carbocycles. The number of aldehydes is 1. The number of halogens is 1. The first-order valence-corrected chi connectivity index (χ1v) is 11.1. The molecular formula is C25H25FN4O4. The maximum absolute atomic E-state index is 13.5. The number of rotatable bonds is 9. The molecule has 1 aliphatic rings. The number of benzene rings is 2. The van der Waals surface area contributed by atoms with Crippen LogP contribution >= 0.6 is 0 Å². The van der Waals surface area contributed by atoms with E-state index in [1.807, 2.05) is 30.3 Å². The van der Waals surface area contributed by atoms with Gasteiger partial charge in [0.25, 0.3) is 5.91 Å². The molecule has 4 rings (SSSR count). The van der Waals surface area contributed by atoms with Gasteiger partial charge in [-0.3, -0.25) is 14.4 Å². The summed E-state index contributed by atoms with van der Waals surface area (Å²) in [6.07, 6.45) is 1.60. The minimum atomic E-state index is -0.974. The van der Waals surface area contributed by atoms with Crippen LogP contribution in [0.5, 0.6) is 0 Å². The first kappa shape index (κ1) is 23.2. The van der Waals surface area contributed by atoms with Crippen molar-refractivity contribution in [2.75, 3.05) is 6.54 Å². The van der Waals surface area contributed by atoms with Crippen LogP contribution in [0.15, 0.2) is 54.6 Å². The predicted octanol–water partition coefficient (Wildman–Crippen LogP) is 1.86. The van der Waals surface area contributed by atoms with E-state index in [-0.39, 0.29) is 30.4 Å². The maximum atomic E-state index is 13.5. The Morgan fingerprint density at radius 1 is 1.12 bits per heavy atom. The van der Waals surface area contributed by atoms with Crippen molar-refractivity contribution >= 4 is 34.9 Å². The van der Waals surface area contributed by atoms with Crippen molar-refractivity contribution in [1.29, 1.82) is 0 Å². The summed E-state index contributed by atoms with van der Waals surface area (Å²) >= 11 is 0. The second kappa shape index (κ2) is 10.3. The third-order valence-corrected chi connectivity index (χ3v) is 5.93. The van der Waals surface area contributed by atoms with E-state index in [4.69, 9.17) is 0 Å². The Bertz CT molecular complexity index is 1210. The number of hydrogen-bond donors (Lipinski definition) is 4. The van der Waals surface area contributed by atoms with Gasteiger partial charge >= 0.3 is 0 Å². The molecule has 1 unspecified atom stereocenters. The van der Waals surface area contributed by atoms with E-state index < -0.39 is 29.7 Å². The van der Waals surface area contributed by atoms with Gasteiger partial charge in [0.15, 0.2) is 0 Å². The van der Waals surface area contributed by atoms with E-state index in [9.17, 15) is 23.6 Å². The Morgan fingerprint density at radius 2 is 1.91 bits per heavy atom. The van der Waals surface area contributed by atoms with Gasteiger partial charge in [0, 0.05) is 29.8 Å². The highest BCUT2D eigenvalue weighted by Gasteiger charge is 2.30. The first-order chi connectivity index (χ1) is 16.4. The van der Waals surface area contributed by atoms with Crippen LogP contribution in [0.25, 0.3) is 10.9 Å². The van der Waals surface area contributed by atoms with Gasteiger partial charge in [-0.1, -0.05) is 30.3 Å². The fourth-order valence-electron chi connectivity index (χ4n) is 4.13. The second-order valence-corrected chi connectivity index (χ2v) is 8.39. The van der Waals surface area contributed by atoms with Gasteiger partial charge in [-0.2, -0.15) is 0 Å². The van der Waals surface area contributed by atoms with Gasteiger partial charge in [0.05, 0.1) is 6.04 Å². The van der Waals surface area contributed by atoms with E-state index in [0.29, 0.717) is 30.2 Å². The number of fused-ring (bicyclic) bond motifs is 1. The highest BCUT2D eigenvalue weighted by atomic mass is 19.1. The minimum Gasteiger partial charge on any atom is -0.356 e. The van der Waals surface area contributed by atoms with Gasteiger partial charge in [-0.05, 0) is 42.7 Å². The molecule has 0 aliphatic carbocycles. The van der Waals surface area contributed by atoms with Gasteiger partial charge in [0.1, 0.15) is 23.8 Å². The summed E-state index contributed by atoms with van der Waals surface area (Å²) in [5, 5.41) is 8.63. The van der Waals surface area contributed by atoms with Gasteiger partial charge in [-0.25, -0.2) is 4.39 Å². The number of aromatic amines is 1. The number of hydrogen-bond acceptors (Lipinski definition) is 4. The minimum absolute atomic E-state index is 0.134. The molecule has 176 valence electrons. The van der Waals surface area contributed by atoms with Crippen molar-refractivity contribution in [2.24, 2.45) is 5.92 Å². The Hall–Kier alpha value is -4.01. The highest BCUT2D eigenvalue weighted by Crippen LogP contribution is 2.18. The van der Waals surface area contributed by atoms with Crippen LogP contribution < -0.4 is 16.0 Å². The van der Waals surface area contributed by atoms with Crippen LogP contribution in [0.3, 0.4) is 0 Å². The number of aromatic nitrogens is 1. The van der Waals surface area contributed by atoms with E-state index >= 15 is 0 Å². The summed E-state index contributed by atoms with van der Waals surface area (Å²) < 4.78 is 13.5. The van der Waals surface area contributed by atoms with Gasteiger partial charge in [0.2, 0.25) is 11.8 Å². The fraction of sp³-hybridized carbons (Fsp3) is 0.280. The van der Waals surface area contributed by atoms with Crippen molar-refractivity contribution in [3.05, 3.63) is 71.7 Å². The summed E-state index contributed by atoms with van der Waals surface area (Å²) in [7, 11) is 0. The molecule has 9 heteroatoms. The Labute approximate surface area is 195 Å². The molecule has 4 N–H and O–H groups in total. The molecule has 8 nitrogen and oxygen atoms in total. The van der Waals surface area contributed by atoms with E-state index in [1.165, 1.54) is 24.3 Å². The third kappa shape index (κ3) is 5.48. The Balaban J connectivity index is 1.50. The predicted molar refractivity (Wildman–Crippen MR) is 123 cm³/mol. The lowest BCUT2D eigenvalue weighted by molar-refractivity contribution is -0.127. The molecule has 0 radical (unpaired) electrons. The lowest BCUT2D eigenvalue weighted by Crippen LogP contribution is -2.51. The number of carbonyl (C=O) groups is 4. The zero-order chi connectivity index (χ0) is 24.1. The average Bonchev–Trinajstić information content (AvgIpc) is 3.44.